The molecule has 2 heterocycles. The van der Waals surface area contributed by atoms with Gasteiger partial charge in [0.2, 0.25) is 0 Å². The first-order valence-electron chi connectivity index (χ1n) is 6.85. The number of rotatable bonds is 5. The van der Waals surface area contributed by atoms with Crippen molar-refractivity contribution in [2.75, 3.05) is 0 Å². The summed E-state index contributed by atoms with van der Waals surface area (Å²) in [5.41, 5.74) is 9.42. The largest absolute Gasteiger partial charge is 0.322 e. The Hall–Kier alpha value is -1.62. The van der Waals surface area contributed by atoms with E-state index in [1.165, 1.54) is 0 Å². The molecule has 0 aromatic carbocycles. The van der Waals surface area contributed by atoms with E-state index in [0.29, 0.717) is 6.04 Å². The van der Waals surface area contributed by atoms with Crippen LogP contribution in [-0.4, -0.2) is 19.6 Å². The van der Waals surface area contributed by atoms with Crippen LogP contribution in [0.5, 0.6) is 0 Å². The van der Waals surface area contributed by atoms with Gasteiger partial charge in [-0.15, -0.1) is 0 Å². The standard InChI is InChI=1S/C14H23N5/c1-5-18-14(8-11(4)16-18)13(15)9-12-6-7-19(17-12)10(2)3/h6-8,10,13H,5,9,15H2,1-4H3. The van der Waals surface area contributed by atoms with Crippen molar-refractivity contribution in [1.82, 2.24) is 19.6 Å². The van der Waals surface area contributed by atoms with Gasteiger partial charge in [0.15, 0.2) is 0 Å². The summed E-state index contributed by atoms with van der Waals surface area (Å²) in [6, 6.07) is 4.43. The second-order valence-electron chi connectivity index (χ2n) is 5.22. The van der Waals surface area contributed by atoms with E-state index in [1.807, 2.05) is 28.6 Å². The Labute approximate surface area is 114 Å². The van der Waals surface area contributed by atoms with Crippen molar-refractivity contribution in [3.63, 3.8) is 0 Å². The van der Waals surface area contributed by atoms with Crippen LogP contribution in [0.1, 0.15) is 49.9 Å². The zero-order valence-corrected chi connectivity index (χ0v) is 12.2. The number of aryl methyl sites for hydroxylation is 2. The SMILES string of the molecule is CCn1nc(C)cc1C(N)Cc1ccn(C(C)C)n1. The van der Waals surface area contributed by atoms with Crippen LogP contribution in [0, 0.1) is 6.92 Å². The summed E-state index contributed by atoms with van der Waals surface area (Å²) in [6.07, 6.45) is 2.75. The highest BCUT2D eigenvalue weighted by Crippen LogP contribution is 2.17. The number of aromatic nitrogens is 4. The highest BCUT2D eigenvalue weighted by atomic mass is 15.3. The first-order chi connectivity index (χ1) is 9.01. The molecule has 2 N–H and O–H groups in total. The van der Waals surface area contributed by atoms with E-state index in [4.69, 9.17) is 5.73 Å². The lowest BCUT2D eigenvalue weighted by molar-refractivity contribution is 0.517. The molecule has 5 heteroatoms. The molecule has 2 rings (SSSR count). The van der Waals surface area contributed by atoms with Crippen molar-refractivity contribution < 1.29 is 0 Å². The predicted molar refractivity (Wildman–Crippen MR) is 75.9 cm³/mol. The predicted octanol–water partition coefficient (Wildman–Crippen LogP) is 2.23. The molecule has 0 saturated heterocycles. The summed E-state index contributed by atoms with van der Waals surface area (Å²) >= 11 is 0. The molecule has 0 radical (unpaired) electrons. The molecular formula is C14H23N5. The minimum absolute atomic E-state index is 0.0586. The second kappa shape index (κ2) is 5.57. The van der Waals surface area contributed by atoms with E-state index < -0.39 is 0 Å². The number of hydrogen-bond acceptors (Lipinski definition) is 3. The maximum absolute atomic E-state index is 6.29. The molecule has 0 spiro atoms. The van der Waals surface area contributed by atoms with Crippen molar-refractivity contribution >= 4 is 0 Å². The summed E-state index contributed by atoms with van der Waals surface area (Å²) in [4.78, 5) is 0. The monoisotopic (exact) mass is 261 g/mol. The Kier molecular flexibility index (Phi) is 4.04. The number of hydrogen-bond donors (Lipinski definition) is 1. The molecule has 5 nitrogen and oxygen atoms in total. The molecule has 1 unspecified atom stereocenters. The van der Waals surface area contributed by atoms with Gasteiger partial charge in [0.05, 0.1) is 23.1 Å². The van der Waals surface area contributed by atoms with E-state index in [1.54, 1.807) is 0 Å². The molecule has 0 saturated carbocycles. The van der Waals surface area contributed by atoms with Crippen molar-refractivity contribution in [2.24, 2.45) is 5.73 Å². The van der Waals surface area contributed by atoms with Gasteiger partial charge in [0.1, 0.15) is 0 Å². The fraction of sp³-hybridized carbons (Fsp3) is 0.571. The topological polar surface area (TPSA) is 61.7 Å². The molecule has 0 aliphatic rings. The second-order valence-corrected chi connectivity index (χ2v) is 5.22. The Balaban J connectivity index is 2.13. The normalized spacial score (nSPS) is 13.2. The van der Waals surface area contributed by atoms with Crippen molar-refractivity contribution in [3.05, 3.63) is 35.4 Å². The number of nitrogens with two attached hydrogens (primary N) is 1. The lowest BCUT2D eigenvalue weighted by Gasteiger charge is -2.12. The van der Waals surface area contributed by atoms with Gasteiger partial charge in [0, 0.05) is 25.2 Å². The molecule has 19 heavy (non-hydrogen) atoms. The fourth-order valence-electron chi connectivity index (χ4n) is 2.22. The molecule has 0 aliphatic carbocycles. The Morgan fingerprint density at radius 1 is 1.32 bits per heavy atom. The molecule has 0 aliphatic heterocycles. The summed E-state index contributed by atoms with van der Waals surface area (Å²) < 4.78 is 3.93. The molecule has 0 bridgehead atoms. The molecule has 2 aromatic heterocycles. The molecular weight excluding hydrogens is 238 g/mol. The average molecular weight is 261 g/mol. The minimum Gasteiger partial charge on any atom is -0.322 e. The van der Waals surface area contributed by atoms with E-state index in [9.17, 15) is 0 Å². The highest BCUT2D eigenvalue weighted by Gasteiger charge is 2.15. The minimum atomic E-state index is -0.0586. The van der Waals surface area contributed by atoms with Crippen LogP contribution in [0.15, 0.2) is 18.3 Å². The quantitative estimate of drug-likeness (QED) is 0.897. The molecule has 104 valence electrons. The van der Waals surface area contributed by atoms with Gasteiger partial charge in [0.25, 0.3) is 0 Å². The van der Waals surface area contributed by atoms with Gasteiger partial charge < -0.3 is 5.73 Å². The van der Waals surface area contributed by atoms with Gasteiger partial charge in [-0.1, -0.05) is 0 Å². The zero-order chi connectivity index (χ0) is 14.0. The van der Waals surface area contributed by atoms with Gasteiger partial charge in [-0.2, -0.15) is 10.2 Å². The van der Waals surface area contributed by atoms with E-state index in [0.717, 1.165) is 30.0 Å². The summed E-state index contributed by atoms with van der Waals surface area (Å²) in [7, 11) is 0. The fourth-order valence-corrected chi connectivity index (χ4v) is 2.22. The van der Waals surface area contributed by atoms with Crippen molar-refractivity contribution in [3.8, 4) is 0 Å². The van der Waals surface area contributed by atoms with Gasteiger partial charge in [-0.05, 0) is 39.8 Å². The van der Waals surface area contributed by atoms with Gasteiger partial charge in [-0.25, -0.2) is 0 Å². The third-order valence-electron chi connectivity index (χ3n) is 3.23. The Bertz CT molecular complexity index is 538. The molecule has 2 aromatic rings. The van der Waals surface area contributed by atoms with Crippen LogP contribution in [0.3, 0.4) is 0 Å². The van der Waals surface area contributed by atoms with E-state index >= 15 is 0 Å². The van der Waals surface area contributed by atoms with Crippen LogP contribution in [0.4, 0.5) is 0 Å². The maximum Gasteiger partial charge on any atom is 0.0644 e. The zero-order valence-electron chi connectivity index (χ0n) is 12.2. The van der Waals surface area contributed by atoms with Gasteiger partial charge in [-0.3, -0.25) is 9.36 Å². The van der Waals surface area contributed by atoms with Crippen LogP contribution in [-0.2, 0) is 13.0 Å². The van der Waals surface area contributed by atoms with Crippen LogP contribution in [0.25, 0.3) is 0 Å². The van der Waals surface area contributed by atoms with Crippen molar-refractivity contribution in [2.45, 2.75) is 52.7 Å². The lowest BCUT2D eigenvalue weighted by Crippen LogP contribution is -2.18. The van der Waals surface area contributed by atoms with E-state index in [2.05, 4.69) is 37.0 Å². The summed E-state index contributed by atoms with van der Waals surface area (Å²) in [5.74, 6) is 0. The van der Waals surface area contributed by atoms with Crippen molar-refractivity contribution in [1.29, 1.82) is 0 Å². The Morgan fingerprint density at radius 3 is 2.63 bits per heavy atom. The highest BCUT2D eigenvalue weighted by molar-refractivity contribution is 5.15. The first-order valence-corrected chi connectivity index (χ1v) is 6.85. The Morgan fingerprint density at radius 2 is 2.05 bits per heavy atom. The van der Waals surface area contributed by atoms with Crippen LogP contribution < -0.4 is 5.73 Å². The van der Waals surface area contributed by atoms with Crippen LogP contribution >= 0.6 is 0 Å². The van der Waals surface area contributed by atoms with Crippen LogP contribution in [0.2, 0.25) is 0 Å². The molecule has 0 amide bonds. The third kappa shape index (κ3) is 3.04. The number of nitrogens with zero attached hydrogens (tertiary/aromatic N) is 4. The summed E-state index contributed by atoms with van der Waals surface area (Å²) in [6.45, 7) is 9.15. The van der Waals surface area contributed by atoms with E-state index in [-0.39, 0.29) is 6.04 Å². The van der Waals surface area contributed by atoms with Gasteiger partial charge >= 0.3 is 0 Å². The third-order valence-corrected chi connectivity index (χ3v) is 3.23. The first kappa shape index (κ1) is 13.8. The summed E-state index contributed by atoms with van der Waals surface area (Å²) in [5, 5.41) is 8.98. The maximum atomic E-state index is 6.29. The average Bonchev–Trinajstić information content (AvgIpc) is 2.95. The molecule has 1 atom stereocenters. The lowest BCUT2D eigenvalue weighted by atomic mass is 10.1. The molecule has 0 fully saturated rings. The smallest absolute Gasteiger partial charge is 0.0644 e.